The van der Waals surface area contributed by atoms with E-state index in [1.54, 1.807) is 7.11 Å². The third-order valence-corrected chi connectivity index (χ3v) is 4.08. The second-order valence-corrected chi connectivity index (χ2v) is 6.14. The van der Waals surface area contributed by atoms with Gasteiger partial charge in [0, 0.05) is 16.6 Å². The first-order valence-electron chi connectivity index (χ1n) is 7.43. The van der Waals surface area contributed by atoms with Crippen LogP contribution >= 0.6 is 15.9 Å². The molecule has 3 nitrogen and oxygen atoms in total. The van der Waals surface area contributed by atoms with Gasteiger partial charge in [-0.3, -0.25) is 0 Å². The summed E-state index contributed by atoms with van der Waals surface area (Å²) in [5, 5.41) is 3.39. The van der Waals surface area contributed by atoms with E-state index in [4.69, 9.17) is 9.15 Å². The van der Waals surface area contributed by atoms with E-state index in [0.29, 0.717) is 6.54 Å². The van der Waals surface area contributed by atoms with Gasteiger partial charge in [-0.25, -0.2) is 0 Å². The summed E-state index contributed by atoms with van der Waals surface area (Å²) in [6, 6.07) is 20.2. The van der Waals surface area contributed by atoms with Crippen molar-refractivity contribution < 1.29 is 9.15 Å². The predicted molar refractivity (Wildman–Crippen MR) is 95.4 cm³/mol. The molecule has 118 valence electrons. The lowest BCUT2D eigenvalue weighted by atomic mass is 10.2. The smallest absolute Gasteiger partial charge is 0.134 e. The van der Waals surface area contributed by atoms with E-state index < -0.39 is 0 Å². The van der Waals surface area contributed by atoms with Crippen LogP contribution in [0.2, 0.25) is 0 Å². The number of methoxy groups -OCH3 is 1. The number of furan rings is 1. The summed E-state index contributed by atoms with van der Waals surface area (Å²) >= 11 is 3.44. The third-order valence-electron chi connectivity index (χ3n) is 3.55. The molecule has 3 aromatic rings. The van der Waals surface area contributed by atoms with Crippen LogP contribution in [0.25, 0.3) is 11.3 Å². The molecular formula is C19H18BrNO2. The maximum atomic E-state index is 5.89. The lowest BCUT2D eigenvalue weighted by molar-refractivity contribution is 0.414. The minimum atomic E-state index is 0.688. The molecule has 0 bridgehead atoms. The summed E-state index contributed by atoms with van der Waals surface area (Å²) in [6.45, 7) is 1.46. The zero-order valence-corrected chi connectivity index (χ0v) is 14.5. The Balaban J connectivity index is 1.58. The molecule has 0 spiro atoms. The lowest BCUT2D eigenvalue weighted by Gasteiger charge is -2.05. The summed E-state index contributed by atoms with van der Waals surface area (Å²) in [7, 11) is 1.68. The Kier molecular flexibility index (Phi) is 5.16. The Morgan fingerprint density at radius 2 is 1.83 bits per heavy atom. The molecule has 0 atom stereocenters. The molecule has 0 saturated carbocycles. The summed E-state index contributed by atoms with van der Waals surface area (Å²) < 4.78 is 12.2. The molecule has 0 unspecified atom stereocenters. The monoisotopic (exact) mass is 371 g/mol. The number of ether oxygens (including phenoxy) is 1. The van der Waals surface area contributed by atoms with Crippen molar-refractivity contribution in [1.82, 2.24) is 5.32 Å². The molecule has 0 aliphatic rings. The van der Waals surface area contributed by atoms with Crippen molar-refractivity contribution in [3.05, 3.63) is 76.5 Å². The van der Waals surface area contributed by atoms with Gasteiger partial charge in [-0.1, -0.05) is 40.2 Å². The molecular weight excluding hydrogens is 354 g/mol. The first-order valence-corrected chi connectivity index (χ1v) is 8.22. The largest absolute Gasteiger partial charge is 0.497 e. The fraction of sp³-hybridized carbons (Fsp3) is 0.158. The molecule has 1 aromatic heterocycles. The van der Waals surface area contributed by atoms with Crippen LogP contribution in [0.15, 0.2) is 69.6 Å². The SMILES string of the molecule is COc1cccc(CNCc2ccc(-c3ccc(Br)cc3)o2)c1. The first-order chi connectivity index (χ1) is 11.2. The highest BCUT2D eigenvalue weighted by Crippen LogP contribution is 2.24. The van der Waals surface area contributed by atoms with Crippen LogP contribution in [0.4, 0.5) is 0 Å². The quantitative estimate of drug-likeness (QED) is 0.661. The number of rotatable bonds is 6. The summed E-state index contributed by atoms with van der Waals surface area (Å²) in [5.74, 6) is 2.68. The molecule has 0 saturated heterocycles. The normalized spacial score (nSPS) is 10.7. The Bertz CT molecular complexity index is 765. The number of nitrogens with one attached hydrogen (secondary N) is 1. The van der Waals surface area contributed by atoms with Gasteiger partial charge in [-0.15, -0.1) is 0 Å². The number of hydrogen-bond acceptors (Lipinski definition) is 3. The van der Waals surface area contributed by atoms with E-state index in [-0.39, 0.29) is 0 Å². The zero-order chi connectivity index (χ0) is 16.1. The van der Waals surface area contributed by atoms with Gasteiger partial charge in [-0.2, -0.15) is 0 Å². The van der Waals surface area contributed by atoms with Crippen LogP contribution in [0.5, 0.6) is 5.75 Å². The van der Waals surface area contributed by atoms with Crippen LogP contribution in [0.1, 0.15) is 11.3 Å². The topological polar surface area (TPSA) is 34.4 Å². The average Bonchev–Trinajstić information content (AvgIpc) is 3.04. The fourth-order valence-corrected chi connectivity index (χ4v) is 2.62. The van der Waals surface area contributed by atoms with Crippen molar-refractivity contribution >= 4 is 15.9 Å². The van der Waals surface area contributed by atoms with Crippen LogP contribution in [0, 0.1) is 0 Å². The molecule has 0 aliphatic carbocycles. The minimum absolute atomic E-state index is 0.688. The Morgan fingerprint density at radius 3 is 2.61 bits per heavy atom. The van der Waals surface area contributed by atoms with Crippen molar-refractivity contribution in [2.75, 3.05) is 7.11 Å². The minimum Gasteiger partial charge on any atom is -0.497 e. The van der Waals surface area contributed by atoms with Crippen molar-refractivity contribution in [3.8, 4) is 17.1 Å². The van der Waals surface area contributed by atoms with E-state index in [9.17, 15) is 0 Å². The van der Waals surface area contributed by atoms with E-state index >= 15 is 0 Å². The predicted octanol–water partition coefficient (Wildman–Crippen LogP) is 5.01. The van der Waals surface area contributed by atoms with Crippen LogP contribution in [-0.4, -0.2) is 7.11 Å². The molecule has 0 radical (unpaired) electrons. The van der Waals surface area contributed by atoms with Gasteiger partial charge >= 0.3 is 0 Å². The molecule has 4 heteroatoms. The fourth-order valence-electron chi connectivity index (χ4n) is 2.35. The van der Waals surface area contributed by atoms with Crippen molar-refractivity contribution in [1.29, 1.82) is 0 Å². The average molecular weight is 372 g/mol. The zero-order valence-electron chi connectivity index (χ0n) is 12.9. The molecule has 1 N–H and O–H groups in total. The van der Waals surface area contributed by atoms with Crippen LogP contribution < -0.4 is 10.1 Å². The molecule has 23 heavy (non-hydrogen) atoms. The van der Waals surface area contributed by atoms with Crippen molar-refractivity contribution in [3.63, 3.8) is 0 Å². The lowest BCUT2D eigenvalue weighted by Crippen LogP contribution is -2.12. The Labute approximate surface area is 144 Å². The maximum absolute atomic E-state index is 5.89. The van der Waals surface area contributed by atoms with Gasteiger partial charge < -0.3 is 14.5 Å². The molecule has 2 aromatic carbocycles. The first kappa shape index (κ1) is 15.8. The van der Waals surface area contributed by atoms with Gasteiger partial charge in [0.2, 0.25) is 0 Å². The van der Waals surface area contributed by atoms with Gasteiger partial charge in [0.05, 0.1) is 13.7 Å². The molecule has 3 rings (SSSR count). The standard InChI is InChI=1S/C19H18BrNO2/c1-22-17-4-2-3-14(11-17)12-21-13-18-9-10-19(23-18)15-5-7-16(20)8-6-15/h2-11,21H,12-13H2,1H3. The maximum Gasteiger partial charge on any atom is 0.134 e. The third kappa shape index (κ3) is 4.24. The van der Waals surface area contributed by atoms with E-state index in [0.717, 1.165) is 33.9 Å². The summed E-state index contributed by atoms with van der Waals surface area (Å²) in [5.41, 5.74) is 2.26. The van der Waals surface area contributed by atoms with Crippen molar-refractivity contribution in [2.45, 2.75) is 13.1 Å². The Hall–Kier alpha value is -2.04. The van der Waals surface area contributed by atoms with Crippen LogP contribution in [0.3, 0.4) is 0 Å². The molecule has 0 amide bonds. The number of benzene rings is 2. The summed E-state index contributed by atoms with van der Waals surface area (Å²) in [6.07, 6.45) is 0. The van der Waals surface area contributed by atoms with Gasteiger partial charge in [0.25, 0.3) is 0 Å². The number of hydrogen-bond donors (Lipinski definition) is 1. The molecule has 1 heterocycles. The van der Waals surface area contributed by atoms with E-state index in [2.05, 4.69) is 27.3 Å². The van der Waals surface area contributed by atoms with Crippen LogP contribution in [-0.2, 0) is 13.1 Å². The highest BCUT2D eigenvalue weighted by molar-refractivity contribution is 9.10. The van der Waals surface area contributed by atoms with E-state index in [1.807, 2.05) is 54.6 Å². The van der Waals surface area contributed by atoms with Gasteiger partial charge in [0.1, 0.15) is 17.3 Å². The second kappa shape index (κ2) is 7.49. The highest BCUT2D eigenvalue weighted by Gasteiger charge is 2.05. The Morgan fingerprint density at radius 1 is 1.00 bits per heavy atom. The molecule has 0 aliphatic heterocycles. The second-order valence-electron chi connectivity index (χ2n) is 5.23. The summed E-state index contributed by atoms with van der Waals surface area (Å²) in [4.78, 5) is 0. The van der Waals surface area contributed by atoms with Crippen molar-refractivity contribution in [2.24, 2.45) is 0 Å². The molecule has 0 fully saturated rings. The van der Waals surface area contributed by atoms with E-state index in [1.165, 1.54) is 5.56 Å². The highest BCUT2D eigenvalue weighted by atomic mass is 79.9. The van der Waals surface area contributed by atoms with Gasteiger partial charge in [-0.05, 0) is 42.0 Å². The van der Waals surface area contributed by atoms with Gasteiger partial charge in [0.15, 0.2) is 0 Å². The number of halogens is 1.